The SMILES string of the molecule is CC1N(CCCOC(=O)[C@](O)(c2ccccc2)[C@H]2CCC(F)(F)C2)C=CN1Cc1ccccc1. The van der Waals surface area contributed by atoms with Gasteiger partial charge in [-0.25, -0.2) is 13.6 Å². The summed E-state index contributed by atoms with van der Waals surface area (Å²) in [6.07, 6.45) is 4.01. The molecule has 0 bridgehead atoms. The molecule has 1 heterocycles. The molecule has 1 fully saturated rings. The fourth-order valence-electron chi connectivity index (χ4n) is 4.89. The van der Waals surface area contributed by atoms with Crippen molar-refractivity contribution in [3.63, 3.8) is 0 Å². The Morgan fingerprint density at radius 1 is 1.09 bits per heavy atom. The highest BCUT2D eigenvalue weighted by Crippen LogP contribution is 2.47. The van der Waals surface area contributed by atoms with Gasteiger partial charge in [0, 0.05) is 44.2 Å². The molecule has 2 aromatic carbocycles. The lowest BCUT2D eigenvalue weighted by Crippen LogP contribution is -2.44. The van der Waals surface area contributed by atoms with Crippen molar-refractivity contribution in [2.75, 3.05) is 13.2 Å². The number of rotatable bonds is 9. The van der Waals surface area contributed by atoms with Gasteiger partial charge in [0.1, 0.15) is 0 Å². The van der Waals surface area contributed by atoms with E-state index < -0.39 is 29.8 Å². The summed E-state index contributed by atoms with van der Waals surface area (Å²) in [5.74, 6) is -4.61. The molecule has 1 saturated carbocycles. The van der Waals surface area contributed by atoms with Crippen LogP contribution in [0.4, 0.5) is 8.78 Å². The van der Waals surface area contributed by atoms with Crippen molar-refractivity contribution in [1.29, 1.82) is 0 Å². The van der Waals surface area contributed by atoms with E-state index in [9.17, 15) is 18.7 Å². The Labute approximate surface area is 199 Å². The third-order valence-corrected chi connectivity index (χ3v) is 6.93. The average molecular weight is 471 g/mol. The second kappa shape index (κ2) is 10.1. The molecule has 1 unspecified atom stereocenters. The zero-order valence-corrected chi connectivity index (χ0v) is 19.4. The predicted octanol–water partition coefficient (Wildman–Crippen LogP) is 4.88. The van der Waals surface area contributed by atoms with Gasteiger partial charge in [-0.15, -0.1) is 0 Å². The highest BCUT2D eigenvalue weighted by atomic mass is 19.3. The molecule has 1 aliphatic heterocycles. The van der Waals surface area contributed by atoms with E-state index in [2.05, 4.69) is 35.1 Å². The quantitative estimate of drug-likeness (QED) is 0.418. The molecular weight excluding hydrogens is 438 g/mol. The summed E-state index contributed by atoms with van der Waals surface area (Å²) in [6.45, 7) is 3.69. The van der Waals surface area contributed by atoms with Crippen LogP contribution in [0.15, 0.2) is 73.1 Å². The zero-order chi connectivity index (χ0) is 24.2. The van der Waals surface area contributed by atoms with Crippen molar-refractivity contribution in [2.45, 2.75) is 56.8 Å². The summed E-state index contributed by atoms with van der Waals surface area (Å²) in [5, 5.41) is 11.4. The van der Waals surface area contributed by atoms with Crippen molar-refractivity contribution in [1.82, 2.24) is 9.80 Å². The van der Waals surface area contributed by atoms with E-state index in [0.29, 0.717) is 18.5 Å². The Hall–Kier alpha value is -2.93. The van der Waals surface area contributed by atoms with E-state index >= 15 is 0 Å². The molecule has 5 nitrogen and oxygen atoms in total. The van der Waals surface area contributed by atoms with Gasteiger partial charge in [0.25, 0.3) is 0 Å². The van der Waals surface area contributed by atoms with Crippen molar-refractivity contribution in [3.05, 3.63) is 84.2 Å². The number of carbonyl (C=O) groups is 1. The minimum absolute atomic E-state index is 0.0703. The number of halogens is 2. The first-order valence-corrected chi connectivity index (χ1v) is 11.9. The number of hydrogen-bond acceptors (Lipinski definition) is 5. The highest BCUT2D eigenvalue weighted by Gasteiger charge is 2.54. The van der Waals surface area contributed by atoms with Crippen LogP contribution in [-0.2, 0) is 21.7 Å². The fraction of sp³-hybridized carbons (Fsp3) is 0.444. The molecular formula is C27H32F2N2O3. The summed E-state index contributed by atoms with van der Waals surface area (Å²) >= 11 is 0. The van der Waals surface area contributed by atoms with Gasteiger partial charge in [0.15, 0.2) is 5.60 Å². The van der Waals surface area contributed by atoms with Gasteiger partial charge >= 0.3 is 5.97 Å². The summed E-state index contributed by atoms with van der Waals surface area (Å²) < 4.78 is 33.3. The maximum atomic E-state index is 13.9. The smallest absolute Gasteiger partial charge is 0.343 e. The standard InChI is InChI=1S/C27H32F2N2O3/c1-21-30(16-17-31(21)20-22-9-4-2-5-10-22)15-8-18-34-25(32)27(33,23-11-6-3-7-12-23)24-13-14-26(28,29)19-24/h2-7,9-12,16-17,21,24,33H,8,13-15,18-20H2,1H3/t21?,24-,27-/m0/s1. The van der Waals surface area contributed by atoms with E-state index in [1.807, 2.05) is 24.4 Å². The van der Waals surface area contributed by atoms with Crippen LogP contribution in [0.25, 0.3) is 0 Å². The Kier molecular flexibility index (Phi) is 7.22. The topological polar surface area (TPSA) is 53.0 Å². The van der Waals surface area contributed by atoms with Crippen molar-refractivity contribution in [3.8, 4) is 0 Å². The summed E-state index contributed by atoms with van der Waals surface area (Å²) in [6, 6.07) is 18.5. The van der Waals surface area contributed by atoms with Crippen LogP contribution in [0.5, 0.6) is 0 Å². The Balaban J connectivity index is 1.31. The molecule has 182 valence electrons. The van der Waals surface area contributed by atoms with Crippen LogP contribution in [0.2, 0.25) is 0 Å². The molecule has 7 heteroatoms. The lowest BCUT2D eigenvalue weighted by molar-refractivity contribution is -0.175. The predicted molar refractivity (Wildman–Crippen MR) is 125 cm³/mol. The van der Waals surface area contributed by atoms with E-state index in [1.165, 1.54) is 5.56 Å². The fourth-order valence-corrected chi connectivity index (χ4v) is 4.89. The summed E-state index contributed by atoms with van der Waals surface area (Å²) in [5.41, 5.74) is -0.545. The Bertz CT molecular complexity index is 986. The Morgan fingerprint density at radius 3 is 2.38 bits per heavy atom. The van der Waals surface area contributed by atoms with E-state index in [0.717, 1.165) is 6.54 Å². The summed E-state index contributed by atoms with van der Waals surface area (Å²) in [7, 11) is 0. The first-order valence-electron chi connectivity index (χ1n) is 11.9. The lowest BCUT2D eigenvalue weighted by atomic mass is 9.80. The molecule has 0 amide bonds. The molecule has 3 atom stereocenters. The number of esters is 1. The second-order valence-electron chi connectivity index (χ2n) is 9.24. The van der Waals surface area contributed by atoms with Crippen molar-refractivity contribution >= 4 is 5.97 Å². The van der Waals surface area contributed by atoms with E-state index in [4.69, 9.17) is 4.74 Å². The first-order chi connectivity index (χ1) is 16.3. The number of ether oxygens (including phenoxy) is 1. The Morgan fingerprint density at radius 2 is 1.74 bits per heavy atom. The minimum Gasteiger partial charge on any atom is -0.463 e. The van der Waals surface area contributed by atoms with Gasteiger partial charge in [-0.05, 0) is 30.9 Å². The van der Waals surface area contributed by atoms with Gasteiger partial charge in [-0.3, -0.25) is 0 Å². The molecule has 1 N–H and O–H groups in total. The highest BCUT2D eigenvalue weighted by molar-refractivity contribution is 5.81. The monoisotopic (exact) mass is 470 g/mol. The van der Waals surface area contributed by atoms with Crippen LogP contribution in [0.1, 0.15) is 43.7 Å². The molecule has 0 saturated heterocycles. The molecule has 0 aromatic heterocycles. The van der Waals surface area contributed by atoms with Crippen LogP contribution >= 0.6 is 0 Å². The molecule has 34 heavy (non-hydrogen) atoms. The van der Waals surface area contributed by atoms with Gasteiger partial charge in [-0.2, -0.15) is 0 Å². The maximum Gasteiger partial charge on any atom is 0.343 e. The van der Waals surface area contributed by atoms with Crippen LogP contribution in [0, 0.1) is 5.92 Å². The maximum absolute atomic E-state index is 13.9. The number of alkyl halides is 2. The third kappa shape index (κ3) is 5.25. The van der Waals surface area contributed by atoms with Crippen LogP contribution in [0.3, 0.4) is 0 Å². The van der Waals surface area contributed by atoms with Crippen molar-refractivity contribution in [2.24, 2.45) is 5.92 Å². The van der Waals surface area contributed by atoms with Gasteiger partial charge in [0.2, 0.25) is 5.92 Å². The largest absolute Gasteiger partial charge is 0.463 e. The van der Waals surface area contributed by atoms with Crippen molar-refractivity contribution < 1.29 is 23.4 Å². The number of aliphatic hydroxyl groups is 1. The summed E-state index contributed by atoms with van der Waals surface area (Å²) in [4.78, 5) is 17.4. The molecule has 1 aliphatic carbocycles. The second-order valence-corrected chi connectivity index (χ2v) is 9.24. The zero-order valence-electron chi connectivity index (χ0n) is 19.4. The van der Waals surface area contributed by atoms with Crippen LogP contribution in [-0.4, -0.2) is 46.1 Å². The van der Waals surface area contributed by atoms with Gasteiger partial charge in [0.05, 0.1) is 12.8 Å². The van der Waals surface area contributed by atoms with Crippen LogP contribution < -0.4 is 0 Å². The number of carbonyl (C=O) groups excluding carboxylic acids is 1. The van der Waals surface area contributed by atoms with E-state index in [1.54, 1.807) is 30.3 Å². The molecule has 0 radical (unpaired) electrons. The number of nitrogens with zero attached hydrogens (tertiary/aromatic N) is 2. The average Bonchev–Trinajstić information content (AvgIpc) is 3.39. The normalized spacial score (nSPS) is 23.2. The van der Waals surface area contributed by atoms with Gasteiger partial charge < -0.3 is 19.6 Å². The molecule has 2 aromatic rings. The third-order valence-electron chi connectivity index (χ3n) is 6.93. The number of hydrogen-bond donors (Lipinski definition) is 1. The number of benzene rings is 2. The lowest BCUT2D eigenvalue weighted by Gasteiger charge is -2.32. The molecule has 4 rings (SSSR count). The van der Waals surface area contributed by atoms with Gasteiger partial charge in [-0.1, -0.05) is 60.7 Å². The minimum atomic E-state index is -2.88. The molecule has 0 spiro atoms. The first kappa shape index (κ1) is 24.2. The molecule has 2 aliphatic rings. The van der Waals surface area contributed by atoms with E-state index in [-0.39, 0.29) is 25.6 Å².